The average molecular weight is 256 g/mol. The van der Waals surface area contributed by atoms with Crippen molar-refractivity contribution in [3.8, 4) is 0 Å². The minimum absolute atomic E-state index is 0.160. The molecule has 1 amide bonds. The van der Waals surface area contributed by atoms with Crippen LogP contribution in [-0.4, -0.2) is 28.9 Å². The Morgan fingerprint density at radius 3 is 2.63 bits per heavy atom. The summed E-state index contributed by atoms with van der Waals surface area (Å²) in [5, 5.41) is 1.03. The molecular formula is C16H20N2O. The van der Waals surface area contributed by atoms with Crippen LogP contribution in [0.1, 0.15) is 37.0 Å². The van der Waals surface area contributed by atoms with Crippen molar-refractivity contribution in [1.29, 1.82) is 0 Å². The van der Waals surface area contributed by atoms with Crippen molar-refractivity contribution < 1.29 is 4.79 Å². The quantitative estimate of drug-likeness (QED) is 0.833. The number of nitrogens with zero attached hydrogens (tertiary/aromatic N) is 1. The molecule has 3 nitrogen and oxygen atoms in total. The highest BCUT2D eigenvalue weighted by Crippen LogP contribution is 2.31. The maximum Gasteiger partial charge on any atom is 0.256 e. The summed E-state index contributed by atoms with van der Waals surface area (Å²) < 4.78 is 0. The van der Waals surface area contributed by atoms with Crippen LogP contribution >= 0.6 is 0 Å². The molecule has 0 saturated carbocycles. The van der Waals surface area contributed by atoms with Gasteiger partial charge in [0, 0.05) is 30.2 Å². The van der Waals surface area contributed by atoms with E-state index in [0.29, 0.717) is 5.41 Å². The van der Waals surface area contributed by atoms with Gasteiger partial charge in [-0.2, -0.15) is 0 Å². The average Bonchev–Trinajstić information content (AvgIpc) is 2.82. The monoisotopic (exact) mass is 256 g/mol. The first-order chi connectivity index (χ1) is 9.07. The summed E-state index contributed by atoms with van der Waals surface area (Å²) in [7, 11) is 0. The predicted molar refractivity (Wildman–Crippen MR) is 77.2 cm³/mol. The Morgan fingerprint density at radius 2 is 1.89 bits per heavy atom. The molecule has 0 radical (unpaired) electrons. The Hall–Kier alpha value is -1.77. The smallest absolute Gasteiger partial charge is 0.256 e. The normalized spacial score (nSPS) is 18.7. The molecule has 1 aliphatic rings. The SMILES string of the molecule is CC1(C)CCN(C(=O)c2c[nH]c3ccccc23)CC1. The van der Waals surface area contributed by atoms with Gasteiger partial charge in [0.15, 0.2) is 0 Å². The number of carbonyl (C=O) groups is 1. The third-order valence-electron chi connectivity index (χ3n) is 4.22. The Labute approximate surface area is 113 Å². The van der Waals surface area contributed by atoms with E-state index in [2.05, 4.69) is 18.8 Å². The second-order valence-electron chi connectivity index (χ2n) is 6.20. The van der Waals surface area contributed by atoms with E-state index < -0.39 is 0 Å². The molecule has 0 spiro atoms. The van der Waals surface area contributed by atoms with Gasteiger partial charge in [0.05, 0.1) is 5.56 Å². The largest absolute Gasteiger partial charge is 0.360 e. The van der Waals surface area contributed by atoms with Crippen molar-refractivity contribution in [2.45, 2.75) is 26.7 Å². The molecule has 3 rings (SSSR count). The highest BCUT2D eigenvalue weighted by Gasteiger charge is 2.29. The fourth-order valence-corrected chi connectivity index (χ4v) is 2.73. The minimum atomic E-state index is 0.160. The first-order valence-electron chi connectivity index (χ1n) is 6.92. The molecule has 1 aromatic heterocycles. The number of amides is 1. The van der Waals surface area contributed by atoms with Gasteiger partial charge in [-0.15, -0.1) is 0 Å². The molecule has 1 fully saturated rings. The van der Waals surface area contributed by atoms with Gasteiger partial charge in [0.2, 0.25) is 0 Å². The van der Waals surface area contributed by atoms with Gasteiger partial charge >= 0.3 is 0 Å². The van der Waals surface area contributed by atoms with E-state index in [1.807, 2.05) is 35.4 Å². The highest BCUT2D eigenvalue weighted by molar-refractivity contribution is 6.06. The van der Waals surface area contributed by atoms with Gasteiger partial charge in [-0.3, -0.25) is 4.79 Å². The third-order valence-corrected chi connectivity index (χ3v) is 4.22. The Bertz CT molecular complexity index is 602. The number of piperidine rings is 1. The number of H-pyrrole nitrogens is 1. The number of hydrogen-bond donors (Lipinski definition) is 1. The van der Waals surface area contributed by atoms with Crippen LogP contribution in [0.5, 0.6) is 0 Å². The molecule has 0 unspecified atom stereocenters. The summed E-state index contributed by atoms with van der Waals surface area (Å²) in [4.78, 5) is 17.8. The lowest BCUT2D eigenvalue weighted by molar-refractivity contribution is 0.0632. The van der Waals surface area contributed by atoms with Gasteiger partial charge < -0.3 is 9.88 Å². The molecule has 2 aromatic rings. The molecule has 19 heavy (non-hydrogen) atoms. The van der Waals surface area contributed by atoms with Crippen molar-refractivity contribution in [3.05, 3.63) is 36.0 Å². The zero-order valence-electron chi connectivity index (χ0n) is 11.6. The van der Waals surface area contributed by atoms with Gasteiger partial charge in [0.1, 0.15) is 0 Å². The Kier molecular flexibility index (Phi) is 2.85. The van der Waals surface area contributed by atoms with Crippen molar-refractivity contribution >= 4 is 16.8 Å². The van der Waals surface area contributed by atoms with Crippen LogP contribution in [0.2, 0.25) is 0 Å². The van der Waals surface area contributed by atoms with Gasteiger partial charge in [0.25, 0.3) is 5.91 Å². The lowest BCUT2D eigenvalue weighted by Crippen LogP contribution is -2.41. The summed E-state index contributed by atoms with van der Waals surface area (Å²) in [5.41, 5.74) is 2.20. The predicted octanol–water partition coefficient (Wildman–Crippen LogP) is 3.43. The number of carbonyl (C=O) groups excluding carboxylic acids is 1. The molecule has 0 aliphatic carbocycles. The molecule has 1 aliphatic heterocycles. The highest BCUT2D eigenvalue weighted by atomic mass is 16.2. The molecule has 2 heterocycles. The lowest BCUT2D eigenvalue weighted by Gasteiger charge is -2.36. The standard InChI is InChI=1S/C16H20N2O/c1-16(2)7-9-18(10-8-16)15(19)13-11-17-14-6-4-3-5-12(13)14/h3-6,11,17H,7-10H2,1-2H3. The first kappa shape index (κ1) is 12.3. The third kappa shape index (κ3) is 2.25. The summed E-state index contributed by atoms with van der Waals surface area (Å²) in [6, 6.07) is 7.97. The van der Waals surface area contributed by atoms with Crippen LogP contribution in [0.4, 0.5) is 0 Å². The van der Waals surface area contributed by atoms with Crippen LogP contribution in [0.25, 0.3) is 10.9 Å². The number of benzene rings is 1. The molecule has 0 atom stereocenters. The number of rotatable bonds is 1. The Morgan fingerprint density at radius 1 is 1.21 bits per heavy atom. The van der Waals surface area contributed by atoms with E-state index in [1.165, 1.54) is 0 Å². The summed E-state index contributed by atoms with van der Waals surface area (Å²) in [6.07, 6.45) is 4.01. The van der Waals surface area contributed by atoms with Crippen molar-refractivity contribution in [2.75, 3.05) is 13.1 Å². The number of likely N-dealkylation sites (tertiary alicyclic amines) is 1. The van der Waals surface area contributed by atoms with E-state index in [-0.39, 0.29) is 5.91 Å². The number of fused-ring (bicyclic) bond motifs is 1. The molecule has 1 N–H and O–H groups in total. The minimum Gasteiger partial charge on any atom is -0.360 e. The van der Waals surface area contributed by atoms with Gasteiger partial charge in [-0.1, -0.05) is 32.0 Å². The number of para-hydroxylation sites is 1. The van der Waals surface area contributed by atoms with Gasteiger partial charge in [-0.25, -0.2) is 0 Å². The number of nitrogens with one attached hydrogen (secondary N) is 1. The number of aromatic amines is 1. The fraction of sp³-hybridized carbons (Fsp3) is 0.438. The van der Waals surface area contributed by atoms with E-state index in [4.69, 9.17) is 0 Å². The van der Waals surface area contributed by atoms with E-state index >= 15 is 0 Å². The number of aromatic nitrogens is 1. The Balaban J connectivity index is 1.85. The molecule has 1 aromatic carbocycles. The van der Waals surface area contributed by atoms with E-state index in [9.17, 15) is 4.79 Å². The zero-order chi connectivity index (χ0) is 13.5. The molecule has 3 heteroatoms. The molecule has 0 bridgehead atoms. The molecule has 1 saturated heterocycles. The van der Waals surface area contributed by atoms with Crippen LogP contribution < -0.4 is 0 Å². The van der Waals surface area contributed by atoms with Crippen LogP contribution in [0, 0.1) is 5.41 Å². The first-order valence-corrected chi connectivity index (χ1v) is 6.92. The van der Waals surface area contributed by atoms with E-state index in [0.717, 1.165) is 42.4 Å². The maximum absolute atomic E-state index is 12.6. The summed E-state index contributed by atoms with van der Waals surface area (Å²) >= 11 is 0. The second-order valence-corrected chi connectivity index (χ2v) is 6.20. The van der Waals surface area contributed by atoms with Crippen LogP contribution in [-0.2, 0) is 0 Å². The second kappa shape index (κ2) is 4.41. The lowest BCUT2D eigenvalue weighted by atomic mass is 9.82. The van der Waals surface area contributed by atoms with Crippen LogP contribution in [0.3, 0.4) is 0 Å². The van der Waals surface area contributed by atoms with Gasteiger partial charge in [-0.05, 0) is 24.3 Å². The van der Waals surface area contributed by atoms with Crippen LogP contribution in [0.15, 0.2) is 30.5 Å². The summed E-state index contributed by atoms with van der Waals surface area (Å²) in [6.45, 7) is 6.29. The van der Waals surface area contributed by atoms with Crippen molar-refractivity contribution in [2.24, 2.45) is 5.41 Å². The van der Waals surface area contributed by atoms with Crippen molar-refractivity contribution in [1.82, 2.24) is 9.88 Å². The number of hydrogen-bond acceptors (Lipinski definition) is 1. The van der Waals surface area contributed by atoms with E-state index in [1.54, 1.807) is 0 Å². The fourth-order valence-electron chi connectivity index (χ4n) is 2.73. The zero-order valence-corrected chi connectivity index (χ0v) is 11.6. The molecular weight excluding hydrogens is 236 g/mol. The summed E-state index contributed by atoms with van der Waals surface area (Å²) in [5.74, 6) is 0.160. The molecule has 100 valence electrons. The van der Waals surface area contributed by atoms with Crippen molar-refractivity contribution in [3.63, 3.8) is 0 Å². The topological polar surface area (TPSA) is 36.1 Å². The maximum atomic E-state index is 12.6.